The Kier molecular flexibility index (Phi) is 2.87. The number of carbonyl (C=O) groups is 1. The molecule has 1 aromatic heterocycles. The van der Waals surface area contributed by atoms with Gasteiger partial charge in [0.1, 0.15) is 12.2 Å². The van der Waals surface area contributed by atoms with E-state index in [9.17, 15) is 4.79 Å². The van der Waals surface area contributed by atoms with Gasteiger partial charge in [0.15, 0.2) is 0 Å². The predicted octanol–water partition coefficient (Wildman–Crippen LogP) is 0.543. The normalized spacial score (nSPS) is 21.7. The molecule has 0 aliphatic carbocycles. The van der Waals surface area contributed by atoms with Gasteiger partial charge in [0.05, 0.1) is 18.9 Å². The molecule has 1 N–H and O–H groups in total. The first-order valence-corrected chi connectivity index (χ1v) is 6.06. The Bertz CT molecular complexity index is 483. The molecule has 0 bridgehead atoms. The SMILES string of the molecule is O=C(O)Cc1nc2c(c(C3CCOC3)n1)CCO2. The lowest BCUT2D eigenvalue weighted by molar-refractivity contribution is -0.136. The van der Waals surface area contributed by atoms with E-state index in [2.05, 4.69) is 9.97 Å². The van der Waals surface area contributed by atoms with Gasteiger partial charge < -0.3 is 14.6 Å². The topological polar surface area (TPSA) is 81.5 Å². The van der Waals surface area contributed by atoms with Crippen molar-refractivity contribution in [2.45, 2.75) is 25.2 Å². The molecule has 2 aliphatic heterocycles. The molecule has 0 amide bonds. The molecule has 6 nitrogen and oxygen atoms in total. The number of fused-ring (bicyclic) bond motifs is 1. The Balaban J connectivity index is 1.99. The third kappa shape index (κ3) is 2.03. The second kappa shape index (κ2) is 4.53. The Morgan fingerprint density at radius 3 is 3.00 bits per heavy atom. The summed E-state index contributed by atoms with van der Waals surface area (Å²) in [5.74, 6) is 0.200. The zero-order valence-electron chi connectivity index (χ0n) is 9.89. The van der Waals surface area contributed by atoms with Crippen LogP contribution in [-0.4, -0.2) is 40.9 Å². The molecule has 6 heteroatoms. The van der Waals surface area contributed by atoms with Crippen molar-refractivity contribution in [1.29, 1.82) is 0 Å². The number of hydrogen-bond donors (Lipinski definition) is 1. The van der Waals surface area contributed by atoms with Crippen LogP contribution >= 0.6 is 0 Å². The van der Waals surface area contributed by atoms with Gasteiger partial charge in [-0.2, -0.15) is 4.98 Å². The molecule has 18 heavy (non-hydrogen) atoms. The summed E-state index contributed by atoms with van der Waals surface area (Å²) in [7, 11) is 0. The molecule has 0 saturated carbocycles. The Hall–Kier alpha value is -1.69. The minimum absolute atomic E-state index is 0.169. The highest BCUT2D eigenvalue weighted by Crippen LogP contribution is 2.33. The predicted molar refractivity (Wildman–Crippen MR) is 60.7 cm³/mol. The van der Waals surface area contributed by atoms with Crippen LogP contribution in [0.5, 0.6) is 5.88 Å². The van der Waals surface area contributed by atoms with Gasteiger partial charge in [-0.25, -0.2) is 4.98 Å². The van der Waals surface area contributed by atoms with Gasteiger partial charge in [-0.05, 0) is 6.42 Å². The number of nitrogens with zero attached hydrogens (tertiary/aromatic N) is 2. The van der Waals surface area contributed by atoms with E-state index < -0.39 is 5.97 Å². The van der Waals surface area contributed by atoms with Crippen molar-refractivity contribution < 1.29 is 19.4 Å². The van der Waals surface area contributed by atoms with Crippen LogP contribution in [-0.2, 0) is 22.4 Å². The monoisotopic (exact) mass is 250 g/mol. The van der Waals surface area contributed by atoms with E-state index in [0.29, 0.717) is 24.9 Å². The van der Waals surface area contributed by atoms with Crippen LogP contribution in [0.4, 0.5) is 0 Å². The van der Waals surface area contributed by atoms with Crippen LogP contribution in [0.2, 0.25) is 0 Å². The van der Waals surface area contributed by atoms with Crippen molar-refractivity contribution in [3.63, 3.8) is 0 Å². The average molecular weight is 250 g/mol. The van der Waals surface area contributed by atoms with Crippen molar-refractivity contribution in [2.24, 2.45) is 0 Å². The molecule has 1 saturated heterocycles. The highest BCUT2D eigenvalue weighted by molar-refractivity contribution is 5.69. The maximum absolute atomic E-state index is 10.8. The zero-order valence-corrected chi connectivity index (χ0v) is 9.89. The molecule has 1 aromatic rings. The summed E-state index contributed by atoms with van der Waals surface area (Å²) < 4.78 is 10.8. The lowest BCUT2D eigenvalue weighted by atomic mass is 9.99. The second-order valence-electron chi connectivity index (χ2n) is 4.54. The molecule has 3 rings (SSSR count). The fourth-order valence-corrected chi connectivity index (χ4v) is 2.43. The van der Waals surface area contributed by atoms with Crippen LogP contribution in [0.15, 0.2) is 0 Å². The highest BCUT2D eigenvalue weighted by atomic mass is 16.5. The minimum atomic E-state index is -0.929. The molecular formula is C12H14N2O4. The largest absolute Gasteiger partial charge is 0.481 e. The number of aliphatic carboxylic acids is 1. The van der Waals surface area contributed by atoms with E-state index >= 15 is 0 Å². The van der Waals surface area contributed by atoms with Crippen molar-refractivity contribution in [3.05, 3.63) is 17.1 Å². The third-order valence-corrected chi connectivity index (χ3v) is 3.26. The summed E-state index contributed by atoms with van der Waals surface area (Å²) in [6.45, 7) is 1.98. The standard InChI is InChI=1S/C12H14N2O4/c15-10(16)5-9-13-11(7-1-3-17-6-7)8-2-4-18-12(8)14-9/h7H,1-6H2,(H,15,16). The number of aromatic nitrogens is 2. The average Bonchev–Trinajstić information content (AvgIpc) is 2.97. The van der Waals surface area contributed by atoms with Gasteiger partial charge in [-0.15, -0.1) is 0 Å². The minimum Gasteiger partial charge on any atom is -0.481 e. The summed E-state index contributed by atoms with van der Waals surface area (Å²) in [5.41, 5.74) is 1.95. The van der Waals surface area contributed by atoms with E-state index in [-0.39, 0.29) is 12.3 Å². The number of hydrogen-bond acceptors (Lipinski definition) is 5. The molecule has 96 valence electrons. The van der Waals surface area contributed by atoms with Gasteiger partial charge in [0.25, 0.3) is 0 Å². The smallest absolute Gasteiger partial charge is 0.311 e. The lowest BCUT2D eigenvalue weighted by Crippen LogP contribution is -2.11. The van der Waals surface area contributed by atoms with Gasteiger partial charge in [0.2, 0.25) is 5.88 Å². The van der Waals surface area contributed by atoms with Gasteiger partial charge >= 0.3 is 5.97 Å². The third-order valence-electron chi connectivity index (χ3n) is 3.26. The number of ether oxygens (including phenoxy) is 2. The van der Waals surface area contributed by atoms with Crippen molar-refractivity contribution in [1.82, 2.24) is 9.97 Å². The van der Waals surface area contributed by atoms with Gasteiger partial charge in [-0.3, -0.25) is 4.79 Å². The Labute approximate surface area is 104 Å². The molecular weight excluding hydrogens is 236 g/mol. The fourth-order valence-electron chi connectivity index (χ4n) is 2.43. The van der Waals surface area contributed by atoms with E-state index in [4.69, 9.17) is 14.6 Å². The molecule has 3 heterocycles. The molecule has 2 aliphatic rings. The van der Waals surface area contributed by atoms with Gasteiger partial charge in [-0.1, -0.05) is 0 Å². The molecule has 0 radical (unpaired) electrons. The summed E-state index contributed by atoms with van der Waals surface area (Å²) >= 11 is 0. The molecule has 1 fully saturated rings. The Morgan fingerprint density at radius 1 is 1.39 bits per heavy atom. The number of rotatable bonds is 3. The van der Waals surface area contributed by atoms with Crippen LogP contribution in [0, 0.1) is 0 Å². The molecule has 0 aromatic carbocycles. The number of carboxylic acid groups (broad SMARTS) is 1. The van der Waals surface area contributed by atoms with Crippen molar-refractivity contribution in [3.8, 4) is 5.88 Å². The maximum Gasteiger partial charge on any atom is 0.311 e. The second-order valence-corrected chi connectivity index (χ2v) is 4.54. The molecule has 1 atom stereocenters. The summed E-state index contributed by atoms with van der Waals surface area (Å²) in [5, 5.41) is 8.83. The summed E-state index contributed by atoms with van der Waals surface area (Å²) in [4.78, 5) is 19.3. The first-order valence-electron chi connectivity index (χ1n) is 6.06. The molecule has 0 spiro atoms. The van der Waals surface area contributed by atoms with E-state index in [1.54, 1.807) is 0 Å². The van der Waals surface area contributed by atoms with Gasteiger partial charge in [0, 0.05) is 24.5 Å². The number of carboxylic acids is 1. The van der Waals surface area contributed by atoms with E-state index in [1.807, 2.05) is 0 Å². The van der Waals surface area contributed by atoms with E-state index in [1.165, 1.54) is 0 Å². The van der Waals surface area contributed by atoms with Crippen LogP contribution < -0.4 is 4.74 Å². The fraction of sp³-hybridized carbons (Fsp3) is 0.583. The van der Waals surface area contributed by atoms with Crippen LogP contribution in [0.3, 0.4) is 0 Å². The zero-order chi connectivity index (χ0) is 12.5. The summed E-state index contributed by atoms with van der Waals surface area (Å²) in [6.07, 6.45) is 1.56. The highest BCUT2D eigenvalue weighted by Gasteiger charge is 2.28. The van der Waals surface area contributed by atoms with E-state index in [0.717, 1.165) is 30.7 Å². The van der Waals surface area contributed by atoms with Crippen LogP contribution in [0.25, 0.3) is 0 Å². The Morgan fingerprint density at radius 2 is 2.28 bits per heavy atom. The van der Waals surface area contributed by atoms with Crippen molar-refractivity contribution in [2.75, 3.05) is 19.8 Å². The molecule has 1 unspecified atom stereocenters. The summed E-state index contributed by atoms with van der Waals surface area (Å²) in [6, 6.07) is 0. The first kappa shape index (κ1) is 11.4. The van der Waals surface area contributed by atoms with Crippen LogP contribution in [0.1, 0.15) is 29.4 Å². The first-order chi connectivity index (χ1) is 8.74. The lowest BCUT2D eigenvalue weighted by Gasteiger charge is -2.12. The maximum atomic E-state index is 10.8. The van der Waals surface area contributed by atoms with Crippen molar-refractivity contribution >= 4 is 5.97 Å². The quantitative estimate of drug-likeness (QED) is 0.843.